The molecule has 0 saturated carbocycles. The van der Waals surface area contributed by atoms with Gasteiger partial charge in [-0.25, -0.2) is 4.98 Å². The number of aryl methyl sites for hydroxylation is 1. The van der Waals surface area contributed by atoms with Gasteiger partial charge < -0.3 is 4.74 Å². The van der Waals surface area contributed by atoms with Crippen LogP contribution in [0.3, 0.4) is 0 Å². The lowest BCUT2D eigenvalue weighted by molar-refractivity contribution is -0.118. The van der Waals surface area contributed by atoms with Gasteiger partial charge in [0.1, 0.15) is 5.75 Å². The fourth-order valence-electron chi connectivity index (χ4n) is 2.79. The van der Waals surface area contributed by atoms with Crippen molar-refractivity contribution in [2.45, 2.75) is 6.92 Å². The number of carbonyl (C=O) groups excluding carboxylic acids is 1. The molecule has 3 aromatic carbocycles. The molecule has 0 aliphatic rings. The van der Waals surface area contributed by atoms with Gasteiger partial charge in [-0.3, -0.25) is 10.1 Å². The maximum Gasteiger partial charge on any atom is 0.264 e. The molecule has 130 valence electrons. The van der Waals surface area contributed by atoms with E-state index < -0.39 is 0 Å². The number of ether oxygens (including phenoxy) is 1. The second-order valence-corrected chi connectivity index (χ2v) is 7.37. The van der Waals surface area contributed by atoms with Gasteiger partial charge in [-0.05, 0) is 42.1 Å². The fourth-order valence-corrected chi connectivity index (χ4v) is 3.91. The Morgan fingerprint density at radius 3 is 2.88 bits per heavy atom. The van der Waals surface area contributed by atoms with E-state index in [1.165, 1.54) is 11.3 Å². The normalized spacial score (nSPS) is 11.0. The Balaban J connectivity index is 1.50. The van der Waals surface area contributed by atoms with E-state index in [2.05, 4.69) is 22.4 Å². The third kappa shape index (κ3) is 3.36. The summed E-state index contributed by atoms with van der Waals surface area (Å²) in [5, 5.41) is 6.23. The van der Waals surface area contributed by atoms with Crippen molar-refractivity contribution in [2.24, 2.45) is 0 Å². The molecule has 1 aromatic heterocycles. The van der Waals surface area contributed by atoms with Gasteiger partial charge in [0.2, 0.25) is 0 Å². The highest BCUT2D eigenvalue weighted by atomic mass is 35.5. The molecule has 0 saturated heterocycles. The topological polar surface area (TPSA) is 51.2 Å². The monoisotopic (exact) mass is 382 g/mol. The molecule has 4 rings (SSSR count). The van der Waals surface area contributed by atoms with Crippen LogP contribution >= 0.6 is 22.9 Å². The number of nitrogens with zero attached hydrogens (tertiary/aromatic N) is 1. The molecule has 26 heavy (non-hydrogen) atoms. The van der Waals surface area contributed by atoms with Crippen molar-refractivity contribution in [1.29, 1.82) is 0 Å². The first-order chi connectivity index (χ1) is 12.6. The number of rotatable bonds is 4. The number of hydrogen-bond acceptors (Lipinski definition) is 4. The summed E-state index contributed by atoms with van der Waals surface area (Å²) in [6.07, 6.45) is 0. The number of hydrogen-bond donors (Lipinski definition) is 1. The summed E-state index contributed by atoms with van der Waals surface area (Å²) in [6, 6.07) is 17.5. The molecular weight excluding hydrogens is 368 g/mol. The maximum absolute atomic E-state index is 12.2. The number of thiazole rings is 1. The van der Waals surface area contributed by atoms with Crippen molar-refractivity contribution in [2.75, 3.05) is 11.9 Å². The number of carbonyl (C=O) groups is 1. The molecule has 1 amide bonds. The number of amides is 1. The van der Waals surface area contributed by atoms with Crippen molar-refractivity contribution >= 4 is 55.0 Å². The first-order valence-corrected chi connectivity index (χ1v) is 9.27. The maximum atomic E-state index is 12.2. The molecule has 0 aliphatic heterocycles. The summed E-state index contributed by atoms with van der Waals surface area (Å²) in [4.78, 5) is 16.8. The summed E-state index contributed by atoms with van der Waals surface area (Å²) in [6.45, 7) is 1.80. The molecule has 0 radical (unpaired) electrons. The minimum absolute atomic E-state index is 0.0842. The Morgan fingerprint density at radius 1 is 1.19 bits per heavy atom. The lowest BCUT2D eigenvalue weighted by atomic mass is 10.1. The van der Waals surface area contributed by atoms with Gasteiger partial charge in [0.15, 0.2) is 11.7 Å². The van der Waals surface area contributed by atoms with Gasteiger partial charge >= 0.3 is 0 Å². The van der Waals surface area contributed by atoms with Gasteiger partial charge in [0.25, 0.3) is 5.91 Å². The van der Waals surface area contributed by atoms with Crippen molar-refractivity contribution in [1.82, 2.24) is 4.98 Å². The number of aromatic nitrogens is 1. The van der Waals surface area contributed by atoms with Crippen LogP contribution < -0.4 is 10.1 Å². The van der Waals surface area contributed by atoms with E-state index in [1.807, 2.05) is 31.2 Å². The van der Waals surface area contributed by atoms with Crippen LogP contribution in [0.2, 0.25) is 5.02 Å². The smallest absolute Gasteiger partial charge is 0.264 e. The van der Waals surface area contributed by atoms with Gasteiger partial charge in [-0.2, -0.15) is 0 Å². The van der Waals surface area contributed by atoms with E-state index in [-0.39, 0.29) is 12.5 Å². The lowest BCUT2D eigenvalue weighted by Crippen LogP contribution is -2.20. The summed E-state index contributed by atoms with van der Waals surface area (Å²) in [7, 11) is 0. The van der Waals surface area contributed by atoms with E-state index in [0.29, 0.717) is 15.9 Å². The molecule has 6 heteroatoms. The van der Waals surface area contributed by atoms with Gasteiger partial charge in [-0.15, -0.1) is 0 Å². The number of anilines is 1. The summed E-state index contributed by atoms with van der Waals surface area (Å²) < 4.78 is 6.61. The quantitative estimate of drug-likeness (QED) is 0.512. The minimum atomic E-state index is -0.247. The molecule has 0 bridgehead atoms. The van der Waals surface area contributed by atoms with Crippen LogP contribution in [0.4, 0.5) is 5.13 Å². The van der Waals surface area contributed by atoms with Crippen molar-refractivity contribution in [3.8, 4) is 5.75 Å². The second kappa shape index (κ2) is 6.94. The van der Waals surface area contributed by atoms with E-state index in [9.17, 15) is 4.79 Å². The molecule has 1 N–H and O–H groups in total. The van der Waals surface area contributed by atoms with Crippen molar-refractivity contribution in [3.05, 3.63) is 65.2 Å². The molecule has 4 nitrogen and oxygen atoms in total. The lowest BCUT2D eigenvalue weighted by Gasteiger charge is -2.08. The third-order valence-electron chi connectivity index (χ3n) is 4.03. The minimum Gasteiger partial charge on any atom is -0.483 e. The molecule has 0 aliphatic carbocycles. The predicted molar refractivity (Wildman–Crippen MR) is 107 cm³/mol. The number of benzene rings is 3. The molecule has 0 unspecified atom stereocenters. The third-order valence-corrected chi connectivity index (χ3v) is 5.20. The van der Waals surface area contributed by atoms with Crippen LogP contribution in [0.15, 0.2) is 54.6 Å². The van der Waals surface area contributed by atoms with E-state index in [0.717, 1.165) is 26.6 Å². The molecular formula is C20H15ClN2O2S. The molecule has 1 heterocycles. The number of nitrogens with one attached hydrogen (secondary N) is 1. The van der Waals surface area contributed by atoms with Gasteiger partial charge in [0.05, 0.1) is 10.2 Å². The van der Waals surface area contributed by atoms with E-state index in [4.69, 9.17) is 16.3 Å². The highest BCUT2D eigenvalue weighted by Crippen LogP contribution is 2.31. The first kappa shape index (κ1) is 16.8. The Kier molecular flexibility index (Phi) is 4.49. The van der Waals surface area contributed by atoms with Gasteiger partial charge in [-0.1, -0.05) is 53.3 Å². The van der Waals surface area contributed by atoms with Crippen LogP contribution in [0.1, 0.15) is 5.56 Å². The van der Waals surface area contributed by atoms with Crippen LogP contribution in [0.5, 0.6) is 5.75 Å². The predicted octanol–water partition coefficient (Wildman–Crippen LogP) is 5.43. The summed E-state index contributed by atoms with van der Waals surface area (Å²) >= 11 is 7.38. The van der Waals surface area contributed by atoms with E-state index in [1.54, 1.807) is 18.2 Å². The molecule has 4 aromatic rings. The second-order valence-electron chi connectivity index (χ2n) is 5.90. The Bertz CT molecular complexity index is 1120. The average Bonchev–Trinajstić information content (AvgIpc) is 3.04. The standard InChI is InChI=1S/C20H15ClN2O2S/c1-12-10-14(21)7-8-16(12)25-11-18(24)22-20-23-19-15-5-3-2-4-13(15)6-9-17(19)26-20/h2-10H,11H2,1H3,(H,22,23,24). The van der Waals surface area contributed by atoms with E-state index >= 15 is 0 Å². The van der Waals surface area contributed by atoms with Crippen LogP contribution in [0, 0.1) is 6.92 Å². The van der Waals surface area contributed by atoms with Crippen molar-refractivity contribution < 1.29 is 9.53 Å². The zero-order valence-electron chi connectivity index (χ0n) is 14.0. The summed E-state index contributed by atoms with van der Waals surface area (Å²) in [5.41, 5.74) is 1.79. The zero-order valence-corrected chi connectivity index (χ0v) is 15.5. The molecule has 0 fully saturated rings. The van der Waals surface area contributed by atoms with Gasteiger partial charge in [0, 0.05) is 10.4 Å². The Labute approximate surface area is 159 Å². The molecule has 0 spiro atoms. The number of fused-ring (bicyclic) bond motifs is 3. The fraction of sp³-hybridized carbons (Fsp3) is 0.100. The van der Waals surface area contributed by atoms with Crippen LogP contribution in [0.25, 0.3) is 21.0 Å². The SMILES string of the molecule is Cc1cc(Cl)ccc1OCC(=O)Nc1nc2c(ccc3ccccc32)s1. The number of halogens is 1. The van der Waals surface area contributed by atoms with Crippen molar-refractivity contribution in [3.63, 3.8) is 0 Å². The zero-order chi connectivity index (χ0) is 18.1. The van der Waals surface area contributed by atoms with Crippen LogP contribution in [-0.2, 0) is 4.79 Å². The molecule has 0 atom stereocenters. The first-order valence-electron chi connectivity index (χ1n) is 8.07. The average molecular weight is 383 g/mol. The highest BCUT2D eigenvalue weighted by Gasteiger charge is 2.11. The Morgan fingerprint density at radius 2 is 2.04 bits per heavy atom. The van der Waals surface area contributed by atoms with Crippen LogP contribution in [-0.4, -0.2) is 17.5 Å². The highest BCUT2D eigenvalue weighted by molar-refractivity contribution is 7.22. The largest absolute Gasteiger partial charge is 0.483 e. The Hall–Kier alpha value is -2.63. The summed E-state index contributed by atoms with van der Waals surface area (Å²) in [5.74, 6) is 0.391.